The number of hydrogen-bond donors (Lipinski definition) is 0. The molecule has 3 nitrogen and oxygen atoms in total. The van der Waals surface area contributed by atoms with E-state index in [1.54, 1.807) is 4.57 Å². The van der Waals surface area contributed by atoms with Crippen molar-refractivity contribution in [2.24, 2.45) is 5.92 Å². The summed E-state index contributed by atoms with van der Waals surface area (Å²) in [4.78, 5) is 13.2. The average Bonchev–Trinajstić information content (AvgIpc) is 2.42. The molecule has 1 aromatic rings. The van der Waals surface area contributed by atoms with Crippen LogP contribution in [0.1, 0.15) is 37.4 Å². The molecular weight excluding hydrogens is 348 g/mol. The van der Waals surface area contributed by atoms with Crippen LogP contribution >= 0.6 is 0 Å². The molecule has 0 saturated carbocycles. The monoisotopic (exact) mass is 371 g/mol. The van der Waals surface area contributed by atoms with Crippen LogP contribution in [0.2, 0.25) is 0 Å². The third kappa shape index (κ3) is 5.90. The van der Waals surface area contributed by atoms with Crippen LogP contribution in [-0.4, -0.2) is 36.4 Å². The number of nitrogens with zero attached hydrogens (tertiary/aromatic N) is 2. The molecule has 1 rings (SSSR count). The number of likely N-dealkylation sites (N-methyl/N-ethyl adjacent to an activating group) is 1. The number of rotatable bonds is 7. The van der Waals surface area contributed by atoms with E-state index in [-0.39, 0.29) is 22.1 Å². The topological polar surface area (TPSA) is 25.2 Å². The summed E-state index contributed by atoms with van der Waals surface area (Å²) in [7, 11) is 3.63. The zero-order chi connectivity index (χ0) is 17.8. The molecule has 0 unspecified atom stereocenters. The van der Waals surface area contributed by atoms with Crippen LogP contribution in [0.15, 0.2) is 12.3 Å². The zero-order valence-electron chi connectivity index (χ0n) is 13.8. The molecule has 0 bridgehead atoms. The Labute approximate surface area is 142 Å². The van der Waals surface area contributed by atoms with Crippen LogP contribution in [0.4, 0.5) is 13.2 Å². The first-order valence-corrected chi connectivity index (χ1v) is 8.06. The van der Waals surface area contributed by atoms with Crippen LogP contribution in [-0.2, 0) is 33.0 Å². The molecule has 0 spiro atoms. The first-order valence-electron chi connectivity index (χ1n) is 7.47. The van der Waals surface area contributed by atoms with E-state index in [2.05, 4.69) is 15.6 Å². The number of aromatic nitrogens is 1. The van der Waals surface area contributed by atoms with Gasteiger partial charge in [0.2, 0.25) is 0 Å². The maximum atomic E-state index is 13.3. The third-order valence-electron chi connectivity index (χ3n) is 3.51. The van der Waals surface area contributed by atoms with Crippen molar-refractivity contribution in [2.45, 2.75) is 38.9 Å². The van der Waals surface area contributed by atoms with Gasteiger partial charge in [0.1, 0.15) is 0 Å². The van der Waals surface area contributed by atoms with Crippen molar-refractivity contribution < 1.29 is 33.5 Å². The van der Waals surface area contributed by atoms with Gasteiger partial charge >= 0.3 is 142 Å². The zero-order valence-corrected chi connectivity index (χ0v) is 15.0. The second kappa shape index (κ2) is 8.27. The molecule has 0 aliphatic heterocycles. The van der Waals surface area contributed by atoms with Gasteiger partial charge in [0.15, 0.2) is 0 Å². The molecule has 1 atom stereocenters. The van der Waals surface area contributed by atoms with E-state index >= 15 is 0 Å². The second-order valence-corrected chi connectivity index (χ2v) is 6.93. The Morgan fingerprint density at radius 3 is 2.39 bits per heavy atom. The summed E-state index contributed by atoms with van der Waals surface area (Å²) in [5.74, 6) is 0.261. The summed E-state index contributed by atoms with van der Waals surface area (Å²) in [6, 6.07) is 0.590. The van der Waals surface area contributed by atoms with E-state index in [1.165, 1.54) is 6.20 Å². The predicted molar refractivity (Wildman–Crippen MR) is 79.5 cm³/mol. The fourth-order valence-electron chi connectivity index (χ4n) is 2.36. The van der Waals surface area contributed by atoms with Crippen molar-refractivity contribution in [1.82, 2.24) is 9.47 Å². The summed E-state index contributed by atoms with van der Waals surface area (Å²) < 4.78 is 41.6. The summed E-state index contributed by atoms with van der Waals surface area (Å²) >= 11 is 3.18. The Kier molecular flexibility index (Phi) is 7.24. The van der Waals surface area contributed by atoms with E-state index in [1.807, 2.05) is 32.8 Å². The molecule has 0 aliphatic rings. The quantitative estimate of drug-likeness (QED) is 0.542. The molecule has 0 saturated heterocycles. The number of pyridine rings is 1. The molecule has 7 heteroatoms. The normalized spacial score (nSPS) is 13.6. The van der Waals surface area contributed by atoms with E-state index in [4.69, 9.17) is 0 Å². The molecule has 0 radical (unpaired) electrons. The van der Waals surface area contributed by atoms with Gasteiger partial charge in [-0.1, -0.05) is 0 Å². The van der Waals surface area contributed by atoms with E-state index in [9.17, 15) is 18.0 Å². The van der Waals surface area contributed by atoms with Gasteiger partial charge in [0, 0.05) is 0 Å². The van der Waals surface area contributed by atoms with Gasteiger partial charge in [-0.05, 0) is 0 Å². The number of halogens is 3. The van der Waals surface area contributed by atoms with Crippen LogP contribution in [0.25, 0.3) is 0 Å². The molecule has 1 aromatic heterocycles. The van der Waals surface area contributed by atoms with Crippen molar-refractivity contribution in [1.29, 1.82) is 0 Å². The Morgan fingerprint density at radius 1 is 1.35 bits per heavy atom. The number of carbonyl (C=O) groups excluding carboxylic acids is 1. The fraction of sp³-hybridized carbons (Fsp3) is 0.625. The summed E-state index contributed by atoms with van der Waals surface area (Å²) in [5.41, 5.74) is -0.457. The first-order chi connectivity index (χ1) is 10.6. The summed E-state index contributed by atoms with van der Waals surface area (Å²) in [5, 5.41) is 0. The van der Waals surface area contributed by atoms with Gasteiger partial charge in [0.25, 0.3) is 0 Å². The molecule has 0 amide bonds. The van der Waals surface area contributed by atoms with E-state index in [0.717, 1.165) is 12.4 Å². The molecule has 0 aromatic carbocycles. The minimum absolute atomic E-state index is 0.199. The summed E-state index contributed by atoms with van der Waals surface area (Å²) in [6.45, 7) is 4.45. The fourth-order valence-corrected chi connectivity index (χ4v) is 2.81. The Balaban J connectivity index is 3.36. The summed E-state index contributed by atoms with van der Waals surface area (Å²) in [6.07, 6.45) is -1.34. The number of alkyl halides is 3. The maximum absolute atomic E-state index is 13.3. The molecule has 0 N–H and O–H groups in total. The molecule has 23 heavy (non-hydrogen) atoms. The van der Waals surface area contributed by atoms with E-state index < -0.39 is 17.8 Å². The van der Waals surface area contributed by atoms with Gasteiger partial charge in [0.05, 0.1) is 0 Å². The minimum atomic E-state index is -4.42. The number of aldehydes is 1. The van der Waals surface area contributed by atoms with Crippen molar-refractivity contribution in [2.75, 3.05) is 20.6 Å². The Hall–Kier alpha value is -0.911. The molecule has 1 heterocycles. The molecule has 0 aliphatic carbocycles. The van der Waals surface area contributed by atoms with Crippen molar-refractivity contribution >= 4 is 6.29 Å². The van der Waals surface area contributed by atoms with Crippen LogP contribution in [0.3, 0.4) is 0 Å². The van der Waals surface area contributed by atoms with Crippen molar-refractivity contribution in [3.63, 3.8) is 0 Å². The van der Waals surface area contributed by atoms with Crippen molar-refractivity contribution in [3.8, 4) is 0 Å². The van der Waals surface area contributed by atoms with Gasteiger partial charge < -0.3 is 0 Å². The van der Waals surface area contributed by atoms with E-state index in [0.29, 0.717) is 13.0 Å². The molecule has 131 valence electrons. The van der Waals surface area contributed by atoms with Crippen molar-refractivity contribution in [3.05, 3.63) is 27.6 Å². The van der Waals surface area contributed by atoms with Gasteiger partial charge in [-0.3, -0.25) is 0 Å². The standard InChI is InChI=1S/C16H23F3N2O.Mn/c1-12(2)9-14(11-22)21-8-6-15(16(17,18)19)13(10-21)5-7-20(3)4;/h6,10-12,14H,5,7,9H2,1-4H3;/t14-;/m1./s1. The number of hydrogen-bond acceptors (Lipinski definition) is 2. The third-order valence-corrected chi connectivity index (χ3v) is 3.99. The van der Waals surface area contributed by atoms with Crippen LogP contribution < -0.4 is 0 Å². The average molecular weight is 371 g/mol. The van der Waals surface area contributed by atoms with Crippen LogP contribution in [0.5, 0.6) is 0 Å². The number of carbonyl (C=O) groups is 1. The molecular formula is C16H23F3MnN2O. The van der Waals surface area contributed by atoms with Gasteiger partial charge in [-0.25, -0.2) is 0 Å². The Bertz CT molecular complexity index is 594. The molecule has 0 fully saturated rings. The predicted octanol–water partition coefficient (Wildman–Crippen LogP) is 3.48. The van der Waals surface area contributed by atoms with Gasteiger partial charge in [-0.2, -0.15) is 0 Å². The second-order valence-electron chi connectivity index (χ2n) is 6.33. The first kappa shape index (κ1) is 20.1. The van der Waals surface area contributed by atoms with Gasteiger partial charge in [-0.15, -0.1) is 0 Å². The Morgan fingerprint density at radius 2 is 1.96 bits per heavy atom. The SMILES string of the molecule is CC(C)C[C@H](C=O)n1cc(CCN(C)C)c(C(F)(F)F)c[c]1=[Mn]. The van der Waals surface area contributed by atoms with Crippen LogP contribution in [0, 0.1) is 10.1 Å².